The van der Waals surface area contributed by atoms with Crippen molar-refractivity contribution in [2.75, 3.05) is 6.54 Å². The Morgan fingerprint density at radius 3 is 2.72 bits per heavy atom. The van der Waals surface area contributed by atoms with Crippen molar-refractivity contribution >= 4 is 5.91 Å². The molecule has 1 heterocycles. The van der Waals surface area contributed by atoms with Crippen LogP contribution in [0.25, 0.3) is 0 Å². The zero-order valence-corrected chi connectivity index (χ0v) is 10.4. The van der Waals surface area contributed by atoms with Crippen LogP contribution in [-0.2, 0) is 4.79 Å². The van der Waals surface area contributed by atoms with Gasteiger partial charge in [0.1, 0.15) is 17.8 Å². The number of nitrogens with zero attached hydrogens (tertiary/aromatic N) is 1. The molecule has 3 nitrogen and oxygen atoms in total. The largest absolute Gasteiger partial charge is 0.321 e. The van der Waals surface area contributed by atoms with Crippen LogP contribution in [0.2, 0.25) is 0 Å². The van der Waals surface area contributed by atoms with E-state index in [1.54, 1.807) is 11.8 Å². The van der Waals surface area contributed by atoms with E-state index in [2.05, 4.69) is 5.32 Å². The Bertz CT molecular complexity index is 464. The van der Waals surface area contributed by atoms with Gasteiger partial charge in [0.05, 0.1) is 6.04 Å². The fraction of sp³-hybridized carbons (Fsp3) is 0.462. The highest BCUT2D eigenvalue weighted by Gasteiger charge is 2.37. The Kier molecular flexibility index (Phi) is 3.61. The monoisotopic (exact) mass is 254 g/mol. The van der Waals surface area contributed by atoms with Gasteiger partial charge < -0.3 is 4.90 Å². The fourth-order valence-electron chi connectivity index (χ4n) is 2.24. The summed E-state index contributed by atoms with van der Waals surface area (Å²) in [6.07, 6.45) is 0.285. The van der Waals surface area contributed by atoms with Crippen molar-refractivity contribution in [1.82, 2.24) is 10.2 Å². The van der Waals surface area contributed by atoms with Gasteiger partial charge in [0.25, 0.3) is 0 Å². The first-order chi connectivity index (χ1) is 8.54. The average Bonchev–Trinajstić information content (AvgIpc) is 2.58. The number of benzene rings is 1. The van der Waals surface area contributed by atoms with Crippen molar-refractivity contribution in [3.05, 3.63) is 35.4 Å². The number of hydrogen-bond acceptors (Lipinski definition) is 2. The molecule has 1 aliphatic rings. The van der Waals surface area contributed by atoms with Crippen LogP contribution in [-0.4, -0.2) is 23.4 Å². The van der Waals surface area contributed by atoms with Crippen molar-refractivity contribution in [2.45, 2.75) is 32.5 Å². The van der Waals surface area contributed by atoms with Gasteiger partial charge in [-0.15, -0.1) is 0 Å². The van der Waals surface area contributed by atoms with Crippen LogP contribution in [0.15, 0.2) is 18.2 Å². The van der Waals surface area contributed by atoms with Crippen LogP contribution < -0.4 is 5.32 Å². The first kappa shape index (κ1) is 13.0. The number of carbonyl (C=O) groups is 1. The van der Waals surface area contributed by atoms with E-state index in [9.17, 15) is 13.6 Å². The molecule has 0 aromatic heterocycles. The standard InChI is InChI=1S/C13H16F2N2O/c1-3-6-17-12(16-8(2)13(17)18)10-5-4-9(14)7-11(10)15/h4-5,7-8,12,16H,3,6H2,1-2H3. The molecule has 0 aliphatic carbocycles. The van der Waals surface area contributed by atoms with Gasteiger partial charge in [0.2, 0.25) is 5.91 Å². The lowest BCUT2D eigenvalue weighted by Crippen LogP contribution is -2.31. The molecule has 0 saturated carbocycles. The van der Waals surface area contributed by atoms with Crippen LogP contribution in [0.4, 0.5) is 8.78 Å². The van der Waals surface area contributed by atoms with E-state index in [1.807, 2.05) is 6.92 Å². The molecule has 1 aromatic carbocycles. The summed E-state index contributed by atoms with van der Waals surface area (Å²) >= 11 is 0. The summed E-state index contributed by atoms with van der Waals surface area (Å²) in [5, 5.41) is 3.03. The third-order valence-corrected chi connectivity index (χ3v) is 3.09. The van der Waals surface area contributed by atoms with E-state index < -0.39 is 17.8 Å². The van der Waals surface area contributed by atoms with Crippen LogP contribution in [0, 0.1) is 11.6 Å². The van der Waals surface area contributed by atoms with Crippen molar-refractivity contribution in [1.29, 1.82) is 0 Å². The lowest BCUT2D eigenvalue weighted by molar-refractivity contribution is -0.129. The third kappa shape index (κ3) is 2.22. The van der Waals surface area contributed by atoms with Gasteiger partial charge in [-0.25, -0.2) is 8.78 Å². The Labute approximate surface area is 105 Å². The van der Waals surface area contributed by atoms with Gasteiger partial charge in [0.15, 0.2) is 0 Å². The van der Waals surface area contributed by atoms with Gasteiger partial charge in [-0.3, -0.25) is 10.1 Å². The van der Waals surface area contributed by atoms with E-state index in [0.29, 0.717) is 12.1 Å². The second-order valence-electron chi connectivity index (χ2n) is 4.49. The minimum Gasteiger partial charge on any atom is -0.321 e. The quantitative estimate of drug-likeness (QED) is 0.896. The topological polar surface area (TPSA) is 32.3 Å². The lowest BCUT2D eigenvalue weighted by Gasteiger charge is -2.24. The number of halogens is 2. The zero-order chi connectivity index (χ0) is 13.3. The highest BCUT2D eigenvalue weighted by atomic mass is 19.1. The average molecular weight is 254 g/mol. The van der Waals surface area contributed by atoms with Gasteiger partial charge in [-0.1, -0.05) is 6.92 Å². The van der Waals surface area contributed by atoms with Crippen LogP contribution in [0.1, 0.15) is 32.0 Å². The molecule has 1 aliphatic heterocycles. The van der Waals surface area contributed by atoms with Crippen molar-refractivity contribution in [2.24, 2.45) is 0 Å². The SMILES string of the molecule is CCCN1C(=O)C(C)NC1c1ccc(F)cc1F. The molecular weight excluding hydrogens is 238 g/mol. The summed E-state index contributed by atoms with van der Waals surface area (Å²) in [6, 6.07) is 3.09. The summed E-state index contributed by atoms with van der Waals surface area (Å²) in [4.78, 5) is 13.5. The summed E-state index contributed by atoms with van der Waals surface area (Å²) in [5.74, 6) is -1.29. The number of nitrogens with one attached hydrogen (secondary N) is 1. The van der Waals surface area contributed by atoms with Gasteiger partial charge >= 0.3 is 0 Å². The van der Waals surface area contributed by atoms with Gasteiger partial charge in [-0.05, 0) is 25.5 Å². The Morgan fingerprint density at radius 2 is 2.11 bits per heavy atom. The smallest absolute Gasteiger partial charge is 0.241 e. The van der Waals surface area contributed by atoms with E-state index in [1.165, 1.54) is 12.1 Å². The molecular formula is C13H16F2N2O. The van der Waals surface area contributed by atoms with Crippen LogP contribution >= 0.6 is 0 Å². The molecule has 5 heteroatoms. The van der Waals surface area contributed by atoms with Gasteiger partial charge in [0, 0.05) is 18.2 Å². The molecule has 1 N–H and O–H groups in total. The Balaban J connectivity index is 2.33. The minimum atomic E-state index is -0.629. The molecule has 1 saturated heterocycles. The molecule has 1 aromatic rings. The molecule has 1 fully saturated rings. The number of carbonyl (C=O) groups excluding carboxylic acids is 1. The van der Waals surface area contributed by atoms with E-state index in [0.717, 1.165) is 12.5 Å². The molecule has 0 spiro atoms. The maximum absolute atomic E-state index is 13.8. The van der Waals surface area contributed by atoms with Crippen molar-refractivity contribution in [3.8, 4) is 0 Å². The van der Waals surface area contributed by atoms with Crippen LogP contribution in [0.3, 0.4) is 0 Å². The van der Waals surface area contributed by atoms with Crippen molar-refractivity contribution in [3.63, 3.8) is 0 Å². The molecule has 18 heavy (non-hydrogen) atoms. The summed E-state index contributed by atoms with van der Waals surface area (Å²) < 4.78 is 26.6. The second-order valence-corrected chi connectivity index (χ2v) is 4.49. The second kappa shape index (κ2) is 5.02. The first-order valence-electron chi connectivity index (χ1n) is 6.06. The predicted octanol–water partition coefficient (Wildman–Crippen LogP) is 2.19. The van der Waals surface area contributed by atoms with Crippen molar-refractivity contribution < 1.29 is 13.6 Å². The van der Waals surface area contributed by atoms with Gasteiger partial charge in [-0.2, -0.15) is 0 Å². The Morgan fingerprint density at radius 1 is 1.39 bits per heavy atom. The highest BCUT2D eigenvalue weighted by molar-refractivity contribution is 5.84. The number of amides is 1. The summed E-state index contributed by atoms with van der Waals surface area (Å²) in [7, 11) is 0. The summed E-state index contributed by atoms with van der Waals surface area (Å²) in [5.41, 5.74) is 0.308. The van der Waals surface area contributed by atoms with E-state index >= 15 is 0 Å². The molecule has 2 unspecified atom stereocenters. The molecule has 2 rings (SSSR count). The number of hydrogen-bond donors (Lipinski definition) is 1. The highest BCUT2D eigenvalue weighted by Crippen LogP contribution is 2.27. The van der Waals surface area contributed by atoms with Crippen LogP contribution in [0.5, 0.6) is 0 Å². The maximum Gasteiger partial charge on any atom is 0.241 e. The summed E-state index contributed by atoms with van der Waals surface area (Å²) in [6.45, 7) is 4.25. The van der Waals surface area contributed by atoms with E-state index in [-0.39, 0.29) is 11.9 Å². The lowest BCUT2D eigenvalue weighted by atomic mass is 10.1. The molecule has 0 bridgehead atoms. The number of rotatable bonds is 3. The fourth-order valence-corrected chi connectivity index (χ4v) is 2.24. The molecule has 98 valence electrons. The zero-order valence-electron chi connectivity index (χ0n) is 10.4. The molecule has 2 atom stereocenters. The first-order valence-corrected chi connectivity index (χ1v) is 6.06. The normalized spacial score (nSPS) is 23.8. The minimum absolute atomic E-state index is 0.0504. The maximum atomic E-state index is 13.8. The van der Waals surface area contributed by atoms with E-state index in [4.69, 9.17) is 0 Å². The third-order valence-electron chi connectivity index (χ3n) is 3.09. The Hall–Kier alpha value is -1.49. The molecule has 1 amide bonds. The molecule has 0 radical (unpaired) electrons. The predicted molar refractivity (Wildman–Crippen MR) is 63.7 cm³/mol.